The van der Waals surface area contributed by atoms with Gasteiger partial charge in [-0.25, -0.2) is 17.2 Å². The molecule has 0 heterocycles. The van der Waals surface area contributed by atoms with Crippen molar-refractivity contribution in [3.63, 3.8) is 0 Å². The highest BCUT2D eigenvalue weighted by Crippen LogP contribution is 2.30. The summed E-state index contributed by atoms with van der Waals surface area (Å²) in [6, 6.07) is 5.92. The van der Waals surface area contributed by atoms with E-state index in [4.69, 9.17) is 9.47 Å². The Morgan fingerprint density at radius 2 is 1.70 bits per heavy atom. The van der Waals surface area contributed by atoms with Crippen LogP contribution in [-0.2, 0) is 14.8 Å². The lowest BCUT2D eigenvalue weighted by Gasteiger charge is -2.29. The normalized spacial score (nSPS) is 13.3. The summed E-state index contributed by atoms with van der Waals surface area (Å²) < 4.78 is 62.8. The molecular formula is C20H24F2N2O5S. The lowest BCUT2D eigenvalue weighted by molar-refractivity contribution is -0.122. The molecule has 7 nitrogen and oxygen atoms in total. The average Bonchev–Trinajstić information content (AvgIpc) is 2.68. The van der Waals surface area contributed by atoms with Crippen molar-refractivity contribution in [2.75, 3.05) is 24.8 Å². The quantitative estimate of drug-likeness (QED) is 0.679. The molecule has 0 unspecified atom stereocenters. The van der Waals surface area contributed by atoms with Gasteiger partial charge in [0.05, 0.1) is 32.2 Å². The Bertz CT molecular complexity index is 1030. The summed E-state index contributed by atoms with van der Waals surface area (Å²) in [5, 5.41) is 2.72. The number of carbonyl (C=O) groups is 1. The maximum Gasteiger partial charge on any atom is 0.244 e. The van der Waals surface area contributed by atoms with Gasteiger partial charge in [-0.05, 0) is 44.2 Å². The summed E-state index contributed by atoms with van der Waals surface area (Å²) in [5.74, 6) is -1.91. The van der Waals surface area contributed by atoms with Crippen molar-refractivity contribution in [3.8, 4) is 11.5 Å². The van der Waals surface area contributed by atoms with Crippen LogP contribution in [0.4, 0.5) is 14.5 Å². The smallest absolute Gasteiger partial charge is 0.244 e. The molecule has 2 atom stereocenters. The van der Waals surface area contributed by atoms with Gasteiger partial charge in [0.25, 0.3) is 0 Å². The Kier molecular flexibility index (Phi) is 7.25. The van der Waals surface area contributed by atoms with Crippen molar-refractivity contribution in [2.24, 2.45) is 0 Å². The molecule has 0 saturated carbocycles. The third-order valence-electron chi connectivity index (χ3n) is 4.51. The molecule has 30 heavy (non-hydrogen) atoms. The summed E-state index contributed by atoms with van der Waals surface area (Å²) in [6.45, 7) is 3.05. The zero-order chi connectivity index (χ0) is 22.6. The molecule has 2 aromatic carbocycles. The van der Waals surface area contributed by atoms with Crippen molar-refractivity contribution in [3.05, 3.63) is 53.6 Å². The van der Waals surface area contributed by atoms with Crippen LogP contribution in [0.3, 0.4) is 0 Å². The lowest BCUT2D eigenvalue weighted by Crippen LogP contribution is -2.48. The van der Waals surface area contributed by atoms with E-state index in [0.717, 1.165) is 28.8 Å². The summed E-state index contributed by atoms with van der Waals surface area (Å²) in [7, 11) is -0.991. The number of anilines is 1. The number of hydrogen-bond acceptors (Lipinski definition) is 5. The van der Waals surface area contributed by atoms with E-state index in [1.54, 1.807) is 25.1 Å². The predicted octanol–water partition coefficient (Wildman–Crippen LogP) is 3.01. The predicted molar refractivity (Wildman–Crippen MR) is 109 cm³/mol. The minimum Gasteiger partial charge on any atom is -0.497 e. The number of ether oxygens (including phenoxy) is 2. The first kappa shape index (κ1) is 23.4. The molecule has 164 valence electrons. The van der Waals surface area contributed by atoms with E-state index in [0.29, 0.717) is 17.1 Å². The summed E-state index contributed by atoms with van der Waals surface area (Å²) in [6.07, 6.45) is 0.882. The van der Waals surface area contributed by atoms with Gasteiger partial charge in [-0.15, -0.1) is 0 Å². The van der Waals surface area contributed by atoms with E-state index < -0.39 is 39.6 Å². The van der Waals surface area contributed by atoms with Crippen LogP contribution in [0.1, 0.15) is 25.5 Å². The van der Waals surface area contributed by atoms with E-state index in [9.17, 15) is 22.0 Å². The van der Waals surface area contributed by atoms with Crippen molar-refractivity contribution in [2.45, 2.75) is 25.9 Å². The van der Waals surface area contributed by atoms with Crippen LogP contribution in [0, 0.1) is 11.6 Å². The maximum atomic E-state index is 13.7. The largest absolute Gasteiger partial charge is 0.497 e. The van der Waals surface area contributed by atoms with Gasteiger partial charge in [0.2, 0.25) is 15.9 Å². The number of carbonyl (C=O) groups excluding carboxylic acids is 1. The number of nitrogens with one attached hydrogen (secondary N) is 1. The van der Waals surface area contributed by atoms with Crippen LogP contribution >= 0.6 is 0 Å². The van der Waals surface area contributed by atoms with Gasteiger partial charge >= 0.3 is 0 Å². The highest BCUT2D eigenvalue weighted by Gasteiger charge is 2.31. The fourth-order valence-corrected chi connectivity index (χ4v) is 4.19. The van der Waals surface area contributed by atoms with Gasteiger partial charge < -0.3 is 14.8 Å². The van der Waals surface area contributed by atoms with E-state index in [1.165, 1.54) is 21.1 Å². The number of amides is 1. The second kappa shape index (κ2) is 9.29. The van der Waals surface area contributed by atoms with Crippen molar-refractivity contribution < 1.29 is 31.5 Å². The zero-order valence-electron chi connectivity index (χ0n) is 17.3. The SMILES string of the molecule is COc1ccc(OC)c([C@H](C)NC(=O)[C@@H](C)N(c2ccc(F)c(F)c2)S(C)(=O)=O)c1. The molecule has 10 heteroatoms. The first-order chi connectivity index (χ1) is 14.0. The Morgan fingerprint density at radius 1 is 1.03 bits per heavy atom. The fraction of sp³-hybridized carbons (Fsp3) is 0.350. The van der Waals surface area contributed by atoms with Gasteiger partial charge in [-0.2, -0.15) is 0 Å². The molecule has 2 rings (SSSR count). The third-order valence-corrected chi connectivity index (χ3v) is 5.75. The molecule has 0 bridgehead atoms. The second-order valence-electron chi connectivity index (χ2n) is 6.67. The van der Waals surface area contributed by atoms with Crippen molar-refractivity contribution in [1.29, 1.82) is 0 Å². The summed E-state index contributed by atoms with van der Waals surface area (Å²) in [5.41, 5.74) is 0.460. The van der Waals surface area contributed by atoms with Crippen LogP contribution < -0.4 is 19.1 Å². The Labute approximate surface area is 174 Å². The molecule has 0 aliphatic carbocycles. The van der Waals surface area contributed by atoms with E-state index in [-0.39, 0.29) is 5.69 Å². The Morgan fingerprint density at radius 3 is 2.23 bits per heavy atom. The number of rotatable bonds is 8. The highest BCUT2D eigenvalue weighted by atomic mass is 32.2. The third kappa shape index (κ3) is 5.18. The van der Waals surface area contributed by atoms with Gasteiger partial charge in [-0.1, -0.05) is 0 Å². The Balaban J connectivity index is 2.33. The van der Waals surface area contributed by atoms with Crippen LogP contribution in [0.2, 0.25) is 0 Å². The minimum absolute atomic E-state index is 0.161. The van der Waals surface area contributed by atoms with Crippen LogP contribution in [0.25, 0.3) is 0 Å². The number of nitrogens with zero attached hydrogens (tertiary/aromatic N) is 1. The van der Waals surface area contributed by atoms with Crippen LogP contribution in [-0.4, -0.2) is 40.8 Å². The fourth-order valence-electron chi connectivity index (χ4n) is 3.02. The molecule has 0 fully saturated rings. The van der Waals surface area contributed by atoms with Crippen LogP contribution in [0.15, 0.2) is 36.4 Å². The molecule has 1 N–H and O–H groups in total. The molecule has 0 aliphatic rings. The Hall–Kier alpha value is -2.88. The van der Waals surface area contributed by atoms with Crippen LogP contribution in [0.5, 0.6) is 11.5 Å². The average molecular weight is 442 g/mol. The molecule has 2 aromatic rings. The topological polar surface area (TPSA) is 84.9 Å². The van der Waals surface area contributed by atoms with Gasteiger partial charge in [0, 0.05) is 11.6 Å². The first-order valence-electron chi connectivity index (χ1n) is 8.96. The molecule has 0 aliphatic heterocycles. The van der Waals surface area contributed by atoms with Crippen molar-refractivity contribution >= 4 is 21.6 Å². The molecule has 0 saturated heterocycles. The number of benzene rings is 2. The maximum absolute atomic E-state index is 13.7. The number of sulfonamides is 1. The van der Waals surface area contributed by atoms with E-state index >= 15 is 0 Å². The molecular weight excluding hydrogens is 418 g/mol. The zero-order valence-corrected chi connectivity index (χ0v) is 18.1. The minimum atomic E-state index is -3.98. The van der Waals surface area contributed by atoms with Crippen molar-refractivity contribution in [1.82, 2.24) is 5.32 Å². The second-order valence-corrected chi connectivity index (χ2v) is 8.53. The van der Waals surface area contributed by atoms with E-state index in [2.05, 4.69) is 5.32 Å². The monoisotopic (exact) mass is 442 g/mol. The number of halogens is 2. The standard InChI is InChI=1S/C20H24F2N2O5S/c1-12(16-11-15(28-3)7-9-19(16)29-4)23-20(25)13(2)24(30(5,26)27)14-6-8-17(21)18(22)10-14/h6-13H,1-5H3,(H,23,25)/t12-,13+/m0/s1. The first-order valence-corrected chi connectivity index (χ1v) is 10.8. The summed E-state index contributed by atoms with van der Waals surface area (Å²) in [4.78, 5) is 12.8. The van der Waals surface area contributed by atoms with Gasteiger partial charge in [0.15, 0.2) is 11.6 Å². The number of hydrogen-bond donors (Lipinski definition) is 1. The van der Waals surface area contributed by atoms with Gasteiger partial charge in [0.1, 0.15) is 17.5 Å². The molecule has 0 aromatic heterocycles. The molecule has 0 spiro atoms. The van der Waals surface area contributed by atoms with Gasteiger partial charge in [-0.3, -0.25) is 9.10 Å². The van der Waals surface area contributed by atoms with E-state index in [1.807, 2.05) is 0 Å². The lowest BCUT2D eigenvalue weighted by atomic mass is 10.1. The molecule has 0 radical (unpaired) electrons. The highest BCUT2D eigenvalue weighted by molar-refractivity contribution is 7.92. The summed E-state index contributed by atoms with van der Waals surface area (Å²) >= 11 is 0. The molecule has 1 amide bonds. The number of methoxy groups -OCH3 is 2.